The summed E-state index contributed by atoms with van der Waals surface area (Å²) < 4.78 is 0. The standard InChI is InChI=1S/C17H24N2O/c1-4-17(5-2,6-3)19-16(20)15-11-9-14(10-12-15)8-7-13-18/h9-12H,4-6,13,18H2,1-3H3,(H,19,20). The molecule has 3 nitrogen and oxygen atoms in total. The normalized spacial score (nSPS) is 10.6. The first-order chi connectivity index (χ1) is 9.60. The molecule has 1 aromatic carbocycles. The van der Waals surface area contributed by atoms with Gasteiger partial charge in [-0.1, -0.05) is 32.6 Å². The van der Waals surface area contributed by atoms with Crippen LogP contribution in [0.1, 0.15) is 56.0 Å². The molecule has 0 aromatic heterocycles. The summed E-state index contributed by atoms with van der Waals surface area (Å²) in [5.41, 5.74) is 6.77. The predicted octanol–water partition coefficient (Wildman–Crippen LogP) is 2.70. The Kier molecular flexibility index (Phi) is 6.27. The van der Waals surface area contributed by atoms with E-state index in [9.17, 15) is 4.79 Å². The highest BCUT2D eigenvalue weighted by Gasteiger charge is 2.26. The van der Waals surface area contributed by atoms with E-state index in [4.69, 9.17) is 5.73 Å². The van der Waals surface area contributed by atoms with Crippen molar-refractivity contribution in [1.82, 2.24) is 5.32 Å². The lowest BCUT2D eigenvalue weighted by molar-refractivity contribution is 0.0888. The summed E-state index contributed by atoms with van der Waals surface area (Å²) in [6.45, 7) is 6.67. The second-order valence-electron chi connectivity index (χ2n) is 4.88. The molecule has 0 aliphatic carbocycles. The van der Waals surface area contributed by atoms with Crippen molar-refractivity contribution in [3.8, 4) is 11.8 Å². The van der Waals surface area contributed by atoms with Crippen LogP contribution < -0.4 is 11.1 Å². The van der Waals surface area contributed by atoms with E-state index in [0.29, 0.717) is 12.1 Å². The molecule has 0 aliphatic rings. The first-order valence-electron chi connectivity index (χ1n) is 7.22. The molecule has 0 radical (unpaired) electrons. The molecule has 20 heavy (non-hydrogen) atoms. The van der Waals surface area contributed by atoms with Gasteiger partial charge in [-0.25, -0.2) is 0 Å². The van der Waals surface area contributed by atoms with Gasteiger partial charge < -0.3 is 11.1 Å². The molecular formula is C17H24N2O. The topological polar surface area (TPSA) is 55.1 Å². The SMILES string of the molecule is CCC(CC)(CC)NC(=O)c1ccc(C#CCN)cc1. The van der Waals surface area contributed by atoms with E-state index in [-0.39, 0.29) is 11.4 Å². The quantitative estimate of drug-likeness (QED) is 0.810. The molecule has 0 heterocycles. The number of nitrogens with one attached hydrogen (secondary N) is 1. The Bertz CT molecular complexity index is 482. The van der Waals surface area contributed by atoms with Gasteiger partial charge in [-0.15, -0.1) is 0 Å². The van der Waals surface area contributed by atoms with Gasteiger partial charge in [-0.2, -0.15) is 0 Å². The zero-order valence-corrected chi connectivity index (χ0v) is 12.6. The van der Waals surface area contributed by atoms with Gasteiger partial charge >= 0.3 is 0 Å². The van der Waals surface area contributed by atoms with E-state index in [1.165, 1.54) is 0 Å². The number of nitrogens with two attached hydrogens (primary N) is 1. The third-order valence-corrected chi connectivity index (χ3v) is 3.89. The Morgan fingerprint density at radius 1 is 1.15 bits per heavy atom. The molecule has 0 atom stereocenters. The van der Waals surface area contributed by atoms with E-state index in [0.717, 1.165) is 24.8 Å². The minimum atomic E-state index is -0.102. The fourth-order valence-electron chi connectivity index (χ4n) is 2.19. The maximum atomic E-state index is 12.3. The van der Waals surface area contributed by atoms with Gasteiger partial charge in [0.2, 0.25) is 0 Å². The second kappa shape index (κ2) is 7.72. The molecule has 3 N–H and O–H groups in total. The number of carbonyl (C=O) groups is 1. The van der Waals surface area contributed by atoms with Crippen molar-refractivity contribution < 1.29 is 4.79 Å². The van der Waals surface area contributed by atoms with Gasteiger partial charge in [-0.05, 0) is 43.5 Å². The summed E-state index contributed by atoms with van der Waals surface area (Å²) in [4.78, 5) is 12.3. The minimum absolute atomic E-state index is 0.0196. The van der Waals surface area contributed by atoms with Gasteiger partial charge in [0.15, 0.2) is 0 Å². The van der Waals surface area contributed by atoms with E-state index < -0.39 is 0 Å². The number of carbonyl (C=O) groups excluding carboxylic acids is 1. The summed E-state index contributed by atoms with van der Waals surface area (Å²) in [6, 6.07) is 7.31. The van der Waals surface area contributed by atoms with Crippen molar-refractivity contribution in [2.24, 2.45) is 5.73 Å². The van der Waals surface area contributed by atoms with Gasteiger partial charge in [0.25, 0.3) is 5.91 Å². The zero-order chi connectivity index (χ0) is 15.0. The van der Waals surface area contributed by atoms with E-state index in [1.54, 1.807) is 0 Å². The average molecular weight is 272 g/mol. The smallest absolute Gasteiger partial charge is 0.251 e. The number of benzene rings is 1. The van der Waals surface area contributed by atoms with Crippen LogP contribution >= 0.6 is 0 Å². The van der Waals surface area contributed by atoms with Crippen molar-refractivity contribution in [2.45, 2.75) is 45.6 Å². The Morgan fingerprint density at radius 2 is 1.70 bits per heavy atom. The largest absolute Gasteiger partial charge is 0.347 e. The number of rotatable bonds is 5. The fourth-order valence-corrected chi connectivity index (χ4v) is 2.19. The Morgan fingerprint density at radius 3 is 2.15 bits per heavy atom. The van der Waals surface area contributed by atoms with Crippen LogP contribution in [0.25, 0.3) is 0 Å². The van der Waals surface area contributed by atoms with Gasteiger partial charge in [-0.3, -0.25) is 4.79 Å². The number of amides is 1. The Hall–Kier alpha value is -1.79. The highest BCUT2D eigenvalue weighted by atomic mass is 16.1. The first-order valence-corrected chi connectivity index (χ1v) is 7.22. The monoisotopic (exact) mass is 272 g/mol. The predicted molar refractivity (Wildman–Crippen MR) is 83.4 cm³/mol. The van der Waals surface area contributed by atoms with Crippen LogP contribution in [0.2, 0.25) is 0 Å². The van der Waals surface area contributed by atoms with Crippen molar-refractivity contribution in [3.63, 3.8) is 0 Å². The molecule has 0 aliphatic heterocycles. The van der Waals surface area contributed by atoms with Crippen molar-refractivity contribution >= 4 is 5.91 Å². The van der Waals surface area contributed by atoms with Crippen LogP contribution in [0.5, 0.6) is 0 Å². The van der Waals surface area contributed by atoms with Gasteiger partial charge in [0.1, 0.15) is 0 Å². The fraction of sp³-hybridized carbons (Fsp3) is 0.471. The maximum absolute atomic E-state index is 12.3. The summed E-state index contributed by atoms with van der Waals surface area (Å²) >= 11 is 0. The number of hydrogen-bond donors (Lipinski definition) is 2. The lowest BCUT2D eigenvalue weighted by Crippen LogP contribution is -2.47. The summed E-state index contributed by atoms with van der Waals surface area (Å²) in [6.07, 6.45) is 2.81. The highest BCUT2D eigenvalue weighted by molar-refractivity contribution is 5.94. The average Bonchev–Trinajstić information content (AvgIpc) is 2.51. The van der Waals surface area contributed by atoms with Crippen molar-refractivity contribution in [2.75, 3.05) is 6.54 Å². The van der Waals surface area contributed by atoms with Crippen LogP contribution in [0.15, 0.2) is 24.3 Å². The zero-order valence-electron chi connectivity index (χ0n) is 12.6. The molecule has 108 valence electrons. The van der Waals surface area contributed by atoms with E-state index in [1.807, 2.05) is 24.3 Å². The molecule has 1 aromatic rings. The third-order valence-electron chi connectivity index (χ3n) is 3.89. The molecule has 0 unspecified atom stereocenters. The summed E-state index contributed by atoms with van der Waals surface area (Å²) in [7, 11) is 0. The van der Waals surface area contributed by atoms with Crippen molar-refractivity contribution in [3.05, 3.63) is 35.4 Å². The van der Waals surface area contributed by atoms with Crippen molar-refractivity contribution in [1.29, 1.82) is 0 Å². The van der Waals surface area contributed by atoms with Crippen LogP contribution in [-0.4, -0.2) is 18.0 Å². The van der Waals surface area contributed by atoms with E-state index in [2.05, 4.69) is 37.9 Å². The Balaban J connectivity index is 2.82. The lowest BCUT2D eigenvalue weighted by Gasteiger charge is -2.31. The maximum Gasteiger partial charge on any atom is 0.251 e. The molecule has 1 rings (SSSR count). The van der Waals surface area contributed by atoms with Gasteiger partial charge in [0, 0.05) is 16.7 Å². The van der Waals surface area contributed by atoms with E-state index >= 15 is 0 Å². The van der Waals surface area contributed by atoms with Crippen LogP contribution in [0.4, 0.5) is 0 Å². The van der Waals surface area contributed by atoms with Crippen LogP contribution in [0, 0.1) is 11.8 Å². The molecule has 0 fully saturated rings. The highest BCUT2D eigenvalue weighted by Crippen LogP contribution is 2.20. The molecular weight excluding hydrogens is 248 g/mol. The molecule has 0 bridgehead atoms. The first kappa shape index (κ1) is 16.3. The molecule has 0 saturated carbocycles. The Labute approximate surface area is 121 Å². The molecule has 1 amide bonds. The minimum Gasteiger partial charge on any atom is -0.347 e. The van der Waals surface area contributed by atoms with Crippen LogP contribution in [0.3, 0.4) is 0 Å². The van der Waals surface area contributed by atoms with Crippen LogP contribution in [-0.2, 0) is 0 Å². The summed E-state index contributed by atoms with van der Waals surface area (Å²) in [5.74, 6) is 5.72. The summed E-state index contributed by atoms with van der Waals surface area (Å²) in [5, 5.41) is 3.16. The second-order valence-corrected chi connectivity index (χ2v) is 4.88. The lowest BCUT2D eigenvalue weighted by atomic mass is 9.89. The third kappa shape index (κ3) is 4.11. The van der Waals surface area contributed by atoms with Gasteiger partial charge in [0.05, 0.1) is 6.54 Å². The molecule has 0 spiro atoms. The molecule has 0 saturated heterocycles. The number of hydrogen-bond acceptors (Lipinski definition) is 2. The molecule has 3 heteroatoms.